The quantitative estimate of drug-likeness (QED) is 0.530. The number of hydrogen-bond donors (Lipinski definition) is 0. The predicted octanol–water partition coefficient (Wildman–Crippen LogP) is 5.33. The minimum atomic E-state index is 0.189. The molecular weight excluding hydrogens is 376 g/mol. The molecule has 0 spiro atoms. The van der Waals surface area contributed by atoms with Crippen molar-refractivity contribution in [2.24, 2.45) is 5.92 Å². The Morgan fingerprint density at radius 2 is 1.62 bits per heavy atom. The van der Waals surface area contributed by atoms with Gasteiger partial charge in [0.25, 0.3) is 0 Å². The van der Waals surface area contributed by atoms with Gasteiger partial charge in [-0.1, -0.05) is 53.8 Å². The highest BCUT2D eigenvalue weighted by molar-refractivity contribution is 7.16. The fourth-order valence-corrected chi connectivity index (χ4v) is 6.56. The van der Waals surface area contributed by atoms with Gasteiger partial charge in [-0.2, -0.15) is 0 Å². The van der Waals surface area contributed by atoms with E-state index in [4.69, 9.17) is 0 Å². The first-order valence-corrected chi connectivity index (χ1v) is 12.0. The second kappa shape index (κ2) is 8.45. The maximum absolute atomic E-state index is 12.4. The van der Waals surface area contributed by atoms with Crippen molar-refractivity contribution in [3.8, 4) is 0 Å². The number of nitrogens with zero attached hydrogens (tertiary/aromatic N) is 2. The molecule has 1 aromatic heterocycles. The maximum atomic E-state index is 12.4. The monoisotopic (exact) mass is 406 g/mol. The molecule has 0 aliphatic carbocycles. The fourth-order valence-electron chi connectivity index (χ4n) is 5.64. The summed E-state index contributed by atoms with van der Waals surface area (Å²) in [5, 5.41) is 0. The number of hydrogen-bond acceptors (Lipinski definition) is 3. The number of aryl methyl sites for hydroxylation is 2. The zero-order valence-corrected chi connectivity index (χ0v) is 17.8. The summed E-state index contributed by atoms with van der Waals surface area (Å²) in [5.74, 6) is 0.882. The van der Waals surface area contributed by atoms with Crippen molar-refractivity contribution in [3.63, 3.8) is 0 Å². The van der Waals surface area contributed by atoms with Crippen molar-refractivity contribution in [1.82, 2.24) is 9.47 Å². The Kier molecular flexibility index (Phi) is 5.56. The van der Waals surface area contributed by atoms with Gasteiger partial charge in [0.2, 0.25) is 0 Å². The van der Waals surface area contributed by atoms with Crippen molar-refractivity contribution >= 4 is 21.6 Å². The Balaban J connectivity index is 1.15. The van der Waals surface area contributed by atoms with Crippen LogP contribution in [0.2, 0.25) is 0 Å². The second-order valence-corrected chi connectivity index (χ2v) is 9.82. The number of para-hydroxylation sites is 1. The lowest BCUT2D eigenvalue weighted by Crippen LogP contribution is -2.43. The molecule has 2 aromatic carbocycles. The molecule has 2 aliphatic rings. The van der Waals surface area contributed by atoms with E-state index in [1.807, 2.05) is 16.7 Å². The van der Waals surface area contributed by atoms with E-state index in [0.29, 0.717) is 0 Å². The van der Waals surface area contributed by atoms with Crippen molar-refractivity contribution in [2.45, 2.75) is 63.6 Å². The minimum Gasteiger partial charge on any atom is -0.299 e. The van der Waals surface area contributed by atoms with Crippen LogP contribution < -0.4 is 4.87 Å². The summed E-state index contributed by atoms with van der Waals surface area (Å²) in [4.78, 5) is 15.3. The Labute approximate surface area is 177 Å². The lowest BCUT2D eigenvalue weighted by atomic mass is 9.86. The van der Waals surface area contributed by atoms with Gasteiger partial charge in [0, 0.05) is 25.2 Å². The van der Waals surface area contributed by atoms with Crippen LogP contribution in [0.5, 0.6) is 0 Å². The average molecular weight is 407 g/mol. The highest BCUT2D eigenvalue weighted by Gasteiger charge is 2.39. The summed E-state index contributed by atoms with van der Waals surface area (Å²) < 4.78 is 3.09. The van der Waals surface area contributed by atoms with E-state index >= 15 is 0 Å². The van der Waals surface area contributed by atoms with Gasteiger partial charge < -0.3 is 0 Å². The molecule has 3 heterocycles. The molecular formula is C25H30N2OS. The van der Waals surface area contributed by atoms with Crippen LogP contribution in [-0.2, 0) is 13.0 Å². The fraction of sp³-hybridized carbons (Fsp3) is 0.480. The summed E-state index contributed by atoms with van der Waals surface area (Å²) in [6, 6.07) is 20.7. The highest BCUT2D eigenvalue weighted by atomic mass is 32.1. The molecule has 2 atom stereocenters. The van der Waals surface area contributed by atoms with Gasteiger partial charge in [0.1, 0.15) is 0 Å². The molecule has 2 saturated heterocycles. The van der Waals surface area contributed by atoms with Crippen molar-refractivity contribution in [1.29, 1.82) is 0 Å². The van der Waals surface area contributed by atoms with Crippen LogP contribution in [0.4, 0.5) is 0 Å². The summed E-state index contributed by atoms with van der Waals surface area (Å²) in [6.07, 6.45) is 9.10. The van der Waals surface area contributed by atoms with Crippen LogP contribution in [0, 0.1) is 5.92 Å². The molecule has 152 valence electrons. The molecule has 4 heteroatoms. The smallest absolute Gasteiger partial charge is 0.299 e. The third kappa shape index (κ3) is 4.06. The first-order valence-electron chi connectivity index (χ1n) is 11.2. The van der Waals surface area contributed by atoms with E-state index in [1.54, 1.807) is 0 Å². The summed E-state index contributed by atoms with van der Waals surface area (Å²) >= 11 is 1.38. The molecule has 0 saturated carbocycles. The topological polar surface area (TPSA) is 25.2 Å². The third-order valence-corrected chi connectivity index (χ3v) is 8.00. The highest BCUT2D eigenvalue weighted by Crippen LogP contribution is 2.40. The molecule has 5 rings (SSSR count). The Morgan fingerprint density at radius 3 is 2.41 bits per heavy atom. The number of thiazole rings is 1. The Morgan fingerprint density at radius 1 is 0.897 bits per heavy atom. The van der Waals surface area contributed by atoms with E-state index in [2.05, 4.69) is 47.4 Å². The average Bonchev–Trinajstić information content (AvgIpc) is 3.18. The first kappa shape index (κ1) is 19.1. The van der Waals surface area contributed by atoms with Crippen molar-refractivity contribution in [2.75, 3.05) is 6.54 Å². The van der Waals surface area contributed by atoms with Crippen LogP contribution >= 0.6 is 11.3 Å². The molecule has 0 amide bonds. The number of aromatic nitrogens is 1. The van der Waals surface area contributed by atoms with Crippen LogP contribution in [0.15, 0.2) is 59.4 Å². The number of fused-ring (bicyclic) bond motifs is 3. The van der Waals surface area contributed by atoms with Crippen molar-refractivity contribution < 1.29 is 0 Å². The maximum Gasteiger partial charge on any atom is 0.308 e. The largest absolute Gasteiger partial charge is 0.308 e. The molecule has 2 fully saturated rings. The van der Waals surface area contributed by atoms with Gasteiger partial charge in [0.05, 0.1) is 10.2 Å². The predicted molar refractivity (Wildman–Crippen MR) is 122 cm³/mol. The molecule has 0 radical (unpaired) electrons. The van der Waals surface area contributed by atoms with Crippen LogP contribution in [0.3, 0.4) is 0 Å². The van der Waals surface area contributed by atoms with E-state index < -0.39 is 0 Å². The molecule has 3 nitrogen and oxygen atoms in total. The van der Waals surface area contributed by atoms with E-state index in [0.717, 1.165) is 47.7 Å². The van der Waals surface area contributed by atoms with E-state index in [-0.39, 0.29) is 4.87 Å². The van der Waals surface area contributed by atoms with Gasteiger partial charge in [-0.3, -0.25) is 14.3 Å². The molecule has 2 unspecified atom stereocenters. The Hall–Kier alpha value is -1.91. The lowest BCUT2D eigenvalue weighted by Gasteiger charge is -2.39. The Bertz CT molecular complexity index is 994. The van der Waals surface area contributed by atoms with Gasteiger partial charge >= 0.3 is 4.87 Å². The number of piperidine rings is 1. The minimum absolute atomic E-state index is 0.189. The summed E-state index contributed by atoms with van der Waals surface area (Å²) in [7, 11) is 0. The summed E-state index contributed by atoms with van der Waals surface area (Å²) in [6.45, 7) is 1.98. The summed E-state index contributed by atoms with van der Waals surface area (Å²) in [5.41, 5.74) is 2.58. The zero-order valence-electron chi connectivity index (χ0n) is 17.0. The standard InChI is InChI=1S/C25H30N2OS/c28-25-27(23-9-4-5-10-24(23)29-25)16-6-15-26-21-13-14-22(26)18-20(17-21)12-11-19-7-2-1-3-8-19/h1-5,7-10,20-22H,6,11-18H2. The normalized spacial score (nSPS) is 24.3. The SMILES string of the molecule is O=c1sc2ccccc2n1CCCN1C2CCC1CC(CCc1ccccc1)C2. The molecule has 0 N–H and O–H groups in total. The van der Waals surface area contributed by atoms with E-state index in [9.17, 15) is 4.79 Å². The van der Waals surface area contributed by atoms with Crippen LogP contribution in [0.25, 0.3) is 10.2 Å². The van der Waals surface area contributed by atoms with Gasteiger partial charge in [-0.15, -0.1) is 0 Å². The lowest BCUT2D eigenvalue weighted by molar-refractivity contribution is 0.0978. The number of benzene rings is 2. The molecule has 29 heavy (non-hydrogen) atoms. The molecule has 2 bridgehead atoms. The number of rotatable bonds is 7. The van der Waals surface area contributed by atoms with Gasteiger partial charge in [0.15, 0.2) is 0 Å². The first-order chi connectivity index (χ1) is 14.3. The van der Waals surface area contributed by atoms with Crippen LogP contribution in [-0.4, -0.2) is 28.1 Å². The molecule has 2 aliphatic heterocycles. The van der Waals surface area contributed by atoms with Crippen molar-refractivity contribution in [3.05, 3.63) is 69.8 Å². The molecule has 3 aromatic rings. The van der Waals surface area contributed by atoms with Crippen LogP contribution in [0.1, 0.15) is 44.1 Å². The second-order valence-electron chi connectivity index (χ2n) is 8.83. The third-order valence-electron chi connectivity index (χ3n) is 7.04. The van der Waals surface area contributed by atoms with Gasteiger partial charge in [-0.25, -0.2) is 0 Å². The van der Waals surface area contributed by atoms with E-state index in [1.165, 1.54) is 55.4 Å². The van der Waals surface area contributed by atoms with Gasteiger partial charge in [-0.05, 0) is 68.6 Å². The zero-order chi connectivity index (χ0) is 19.6.